The molecule has 0 spiro atoms. The molecule has 6 nitrogen and oxygen atoms in total. The molecule has 1 amide bonds. The van der Waals surface area contributed by atoms with E-state index in [1.807, 2.05) is 54.6 Å². The van der Waals surface area contributed by atoms with Crippen molar-refractivity contribution >= 4 is 5.91 Å². The van der Waals surface area contributed by atoms with Gasteiger partial charge in [-0.15, -0.1) is 0 Å². The minimum absolute atomic E-state index is 0.356. The average Bonchev–Trinajstić information content (AvgIpc) is 2.67. The van der Waals surface area contributed by atoms with E-state index in [0.717, 1.165) is 16.9 Å². The van der Waals surface area contributed by atoms with Gasteiger partial charge in [-0.05, 0) is 30.7 Å². The molecule has 0 saturated carbocycles. The van der Waals surface area contributed by atoms with Crippen LogP contribution in [-0.4, -0.2) is 15.9 Å². The van der Waals surface area contributed by atoms with Crippen LogP contribution in [0.5, 0.6) is 5.75 Å². The third-order valence-electron chi connectivity index (χ3n) is 3.69. The van der Waals surface area contributed by atoms with Gasteiger partial charge in [-0.25, -0.2) is 15.8 Å². The predicted molar refractivity (Wildman–Crippen MR) is 94.6 cm³/mol. The average molecular weight is 334 g/mol. The number of para-hydroxylation sites is 1. The van der Waals surface area contributed by atoms with Crippen LogP contribution in [0.3, 0.4) is 0 Å². The summed E-state index contributed by atoms with van der Waals surface area (Å²) in [6.07, 6.45) is 1.48. The molecule has 25 heavy (non-hydrogen) atoms. The number of hydrogen-bond acceptors (Lipinski definition) is 5. The van der Waals surface area contributed by atoms with E-state index in [9.17, 15) is 4.79 Å². The summed E-state index contributed by atoms with van der Waals surface area (Å²) in [6.45, 7) is 2.20. The van der Waals surface area contributed by atoms with Gasteiger partial charge in [0.25, 0.3) is 5.91 Å². The minimum atomic E-state index is -0.408. The Morgan fingerprint density at radius 1 is 1.16 bits per heavy atom. The van der Waals surface area contributed by atoms with E-state index in [-0.39, 0.29) is 0 Å². The first kappa shape index (κ1) is 16.6. The van der Waals surface area contributed by atoms with Crippen molar-refractivity contribution in [3.05, 3.63) is 77.6 Å². The van der Waals surface area contributed by atoms with Gasteiger partial charge < -0.3 is 4.74 Å². The van der Waals surface area contributed by atoms with Crippen LogP contribution >= 0.6 is 0 Å². The first-order valence-electron chi connectivity index (χ1n) is 7.79. The van der Waals surface area contributed by atoms with E-state index in [2.05, 4.69) is 15.4 Å². The maximum Gasteiger partial charge on any atom is 0.268 e. The fraction of sp³-hybridized carbons (Fsp3) is 0.105. The Balaban J connectivity index is 1.79. The Hall–Kier alpha value is -3.25. The number of nitrogens with two attached hydrogens (primary N) is 1. The molecule has 0 aliphatic carbocycles. The highest BCUT2D eigenvalue weighted by molar-refractivity contribution is 5.94. The number of carbonyl (C=O) groups excluding carboxylic acids is 1. The van der Waals surface area contributed by atoms with Crippen molar-refractivity contribution in [2.24, 2.45) is 5.84 Å². The first-order chi connectivity index (χ1) is 12.2. The Morgan fingerprint density at radius 2 is 1.96 bits per heavy atom. The van der Waals surface area contributed by atoms with Gasteiger partial charge in [-0.3, -0.25) is 10.2 Å². The summed E-state index contributed by atoms with van der Waals surface area (Å²) in [7, 11) is 0. The Bertz CT molecular complexity index is 882. The summed E-state index contributed by atoms with van der Waals surface area (Å²) in [5, 5.41) is 0. The van der Waals surface area contributed by atoms with Crippen molar-refractivity contribution in [1.82, 2.24) is 15.4 Å². The van der Waals surface area contributed by atoms with Crippen LogP contribution in [0.25, 0.3) is 11.4 Å². The van der Waals surface area contributed by atoms with Gasteiger partial charge >= 0.3 is 0 Å². The second-order valence-corrected chi connectivity index (χ2v) is 5.47. The number of aromatic nitrogens is 2. The lowest BCUT2D eigenvalue weighted by atomic mass is 10.1. The van der Waals surface area contributed by atoms with E-state index in [0.29, 0.717) is 23.7 Å². The van der Waals surface area contributed by atoms with Crippen molar-refractivity contribution in [2.75, 3.05) is 0 Å². The second-order valence-electron chi connectivity index (χ2n) is 5.47. The molecule has 3 aromatic rings. The number of nitrogens with zero attached hydrogens (tertiary/aromatic N) is 2. The maximum atomic E-state index is 11.6. The zero-order chi connectivity index (χ0) is 17.6. The number of carbonyl (C=O) groups is 1. The molecule has 0 saturated heterocycles. The van der Waals surface area contributed by atoms with Crippen LogP contribution in [0.1, 0.15) is 21.6 Å². The van der Waals surface area contributed by atoms with E-state index in [1.54, 1.807) is 6.92 Å². The molecule has 1 heterocycles. The fourth-order valence-corrected chi connectivity index (χ4v) is 2.39. The smallest absolute Gasteiger partial charge is 0.268 e. The number of rotatable bonds is 5. The monoisotopic (exact) mass is 334 g/mol. The number of aryl methyl sites for hydroxylation is 1. The van der Waals surface area contributed by atoms with Gasteiger partial charge in [0.05, 0.1) is 11.3 Å². The normalized spacial score (nSPS) is 10.3. The van der Waals surface area contributed by atoms with Crippen molar-refractivity contribution in [3.8, 4) is 17.1 Å². The van der Waals surface area contributed by atoms with E-state index in [4.69, 9.17) is 10.6 Å². The predicted octanol–water partition coefficient (Wildman–Crippen LogP) is 2.63. The lowest BCUT2D eigenvalue weighted by molar-refractivity contribution is 0.0952. The fourth-order valence-electron chi connectivity index (χ4n) is 2.39. The molecule has 2 aromatic carbocycles. The summed E-state index contributed by atoms with van der Waals surface area (Å²) in [6, 6.07) is 17.4. The summed E-state index contributed by atoms with van der Waals surface area (Å²) in [5.41, 5.74) is 4.88. The van der Waals surface area contributed by atoms with Gasteiger partial charge in [-0.1, -0.05) is 36.4 Å². The summed E-state index contributed by atoms with van der Waals surface area (Å²) in [5.74, 6) is 6.11. The second kappa shape index (κ2) is 7.55. The van der Waals surface area contributed by atoms with Gasteiger partial charge in [0.15, 0.2) is 5.82 Å². The van der Waals surface area contributed by atoms with E-state index < -0.39 is 5.91 Å². The number of ether oxygens (including phenoxy) is 1. The molecule has 0 unspecified atom stereocenters. The van der Waals surface area contributed by atoms with Crippen molar-refractivity contribution < 1.29 is 9.53 Å². The quantitative estimate of drug-likeness (QED) is 0.425. The molecule has 0 aliphatic heterocycles. The number of hydrogen-bond donors (Lipinski definition) is 2. The van der Waals surface area contributed by atoms with Crippen LogP contribution in [0.4, 0.5) is 0 Å². The summed E-state index contributed by atoms with van der Waals surface area (Å²) >= 11 is 0. The lowest BCUT2D eigenvalue weighted by Gasteiger charge is -2.09. The third-order valence-corrected chi connectivity index (χ3v) is 3.69. The highest BCUT2D eigenvalue weighted by atomic mass is 16.5. The largest absolute Gasteiger partial charge is 0.489 e. The lowest BCUT2D eigenvalue weighted by Crippen LogP contribution is -2.31. The standard InChI is InChI=1S/C19H18N4O2/c1-13-17(19(24)23-20)11-21-18(22-13)15-7-5-6-14(10-15)12-25-16-8-3-2-4-9-16/h2-11H,12,20H2,1H3,(H,23,24). The number of amides is 1. The van der Waals surface area contributed by atoms with Crippen LogP contribution in [0.15, 0.2) is 60.8 Å². The molecule has 3 rings (SSSR count). The molecule has 0 radical (unpaired) electrons. The molecular weight excluding hydrogens is 316 g/mol. The summed E-state index contributed by atoms with van der Waals surface area (Å²) in [4.78, 5) is 20.3. The van der Waals surface area contributed by atoms with Crippen molar-refractivity contribution in [1.29, 1.82) is 0 Å². The molecule has 1 aromatic heterocycles. The van der Waals surface area contributed by atoms with Crippen molar-refractivity contribution in [3.63, 3.8) is 0 Å². The molecule has 3 N–H and O–H groups in total. The van der Waals surface area contributed by atoms with Gasteiger partial charge in [0.1, 0.15) is 12.4 Å². The highest BCUT2D eigenvalue weighted by Crippen LogP contribution is 2.19. The zero-order valence-corrected chi connectivity index (χ0v) is 13.8. The maximum absolute atomic E-state index is 11.6. The molecule has 0 fully saturated rings. The van der Waals surface area contributed by atoms with Crippen molar-refractivity contribution in [2.45, 2.75) is 13.5 Å². The van der Waals surface area contributed by atoms with Crippen LogP contribution in [0.2, 0.25) is 0 Å². The van der Waals surface area contributed by atoms with E-state index >= 15 is 0 Å². The van der Waals surface area contributed by atoms with Crippen LogP contribution < -0.4 is 16.0 Å². The molecule has 6 heteroatoms. The molecule has 126 valence electrons. The third kappa shape index (κ3) is 3.99. The Labute approximate surface area is 145 Å². The first-order valence-corrected chi connectivity index (χ1v) is 7.79. The number of nitrogens with one attached hydrogen (secondary N) is 1. The molecular formula is C19H18N4O2. The highest BCUT2D eigenvalue weighted by Gasteiger charge is 2.11. The number of nitrogen functional groups attached to an aromatic ring is 1. The molecule has 0 aliphatic rings. The zero-order valence-electron chi connectivity index (χ0n) is 13.8. The van der Waals surface area contributed by atoms with Crippen LogP contribution in [-0.2, 0) is 6.61 Å². The van der Waals surface area contributed by atoms with Gasteiger partial charge in [0.2, 0.25) is 0 Å². The molecule has 0 atom stereocenters. The molecule has 0 bridgehead atoms. The van der Waals surface area contributed by atoms with Gasteiger partial charge in [-0.2, -0.15) is 0 Å². The number of benzene rings is 2. The Kier molecular flexibility index (Phi) is 5.01. The van der Waals surface area contributed by atoms with Crippen LogP contribution in [0, 0.1) is 6.92 Å². The Morgan fingerprint density at radius 3 is 2.68 bits per heavy atom. The SMILES string of the molecule is Cc1nc(-c2cccc(COc3ccccc3)c2)ncc1C(=O)NN. The summed E-state index contributed by atoms with van der Waals surface area (Å²) < 4.78 is 5.76. The number of hydrazine groups is 1. The van der Waals surface area contributed by atoms with Gasteiger partial charge in [0, 0.05) is 11.8 Å². The van der Waals surface area contributed by atoms with E-state index in [1.165, 1.54) is 6.20 Å². The minimum Gasteiger partial charge on any atom is -0.489 e. The topological polar surface area (TPSA) is 90.1 Å².